The first-order valence-corrected chi connectivity index (χ1v) is 6.23. The van der Waals surface area contributed by atoms with Crippen LogP contribution in [-0.2, 0) is 0 Å². The van der Waals surface area contributed by atoms with Crippen molar-refractivity contribution in [3.63, 3.8) is 0 Å². The van der Waals surface area contributed by atoms with E-state index < -0.39 is 11.7 Å². The zero-order valence-corrected chi connectivity index (χ0v) is 10.6. The minimum Gasteiger partial charge on any atom is -0.320 e. The lowest BCUT2D eigenvalue weighted by Gasteiger charge is -2.01. The molecule has 1 aromatic heterocycles. The molecule has 96 valence electrons. The van der Waals surface area contributed by atoms with Gasteiger partial charge in [0, 0.05) is 0 Å². The summed E-state index contributed by atoms with van der Waals surface area (Å²) in [5.74, 6) is 4.39. The zero-order chi connectivity index (χ0) is 13.7. The molecule has 1 aromatic carbocycles. The summed E-state index contributed by atoms with van der Waals surface area (Å²) in [6.45, 7) is 0.259. The monoisotopic (exact) mass is 275 g/mol. The van der Waals surface area contributed by atoms with Gasteiger partial charge in [-0.1, -0.05) is 35.3 Å². The number of nitrogens with two attached hydrogens (primary N) is 1. The second-order valence-electron chi connectivity index (χ2n) is 3.47. The molecule has 0 fully saturated rings. The van der Waals surface area contributed by atoms with Crippen LogP contribution < -0.4 is 11.1 Å². The third-order valence-electron chi connectivity index (χ3n) is 2.16. The van der Waals surface area contributed by atoms with E-state index in [4.69, 9.17) is 5.73 Å². The van der Waals surface area contributed by atoms with Crippen molar-refractivity contribution in [2.75, 3.05) is 11.9 Å². The maximum absolute atomic E-state index is 13.4. The molecule has 0 radical (unpaired) electrons. The molecule has 0 aliphatic carbocycles. The molecule has 0 aliphatic rings. The minimum atomic E-state index is -0.570. The molecule has 1 heterocycles. The first-order chi connectivity index (χ1) is 9.20. The van der Waals surface area contributed by atoms with Crippen LogP contribution in [0.1, 0.15) is 15.2 Å². The van der Waals surface area contributed by atoms with Gasteiger partial charge in [0.25, 0.3) is 5.91 Å². The Hall–Kier alpha value is -2.23. The number of carbonyl (C=O) groups is 1. The van der Waals surface area contributed by atoms with Crippen LogP contribution in [0.2, 0.25) is 0 Å². The molecule has 0 bridgehead atoms. The van der Waals surface area contributed by atoms with Gasteiger partial charge in [-0.15, -0.1) is 0 Å². The van der Waals surface area contributed by atoms with Crippen molar-refractivity contribution in [2.24, 2.45) is 5.73 Å². The normalized spacial score (nSPS) is 9.58. The summed E-state index contributed by atoms with van der Waals surface area (Å²) in [6.07, 6.45) is 1.53. The first-order valence-electron chi connectivity index (χ1n) is 5.41. The van der Waals surface area contributed by atoms with Gasteiger partial charge in [0.2, 0.25) is 0 Å². The Balaban J connectivity index is 2.11. The van der Waals surface area contributed by atoms with Crippen molar-refractivity contribution in [1.82, 2.24) is 4.98 Å². The summed E-state index contributed by atoms with van der Waals surface area (Å²) in [5, 5.41) is 2.90. The Labute approximate surface area is 113 Å². The molecular formula is C13H10FN3OS. The molecule has 3 N–H and O–H groups in total. The fraction of sp³-hybridized carbons (Fsp3) is 0.0769. The number of rotatable bonds is 2. The molecule has 0 unspecified atom stereocenters. The predicted octanol–water partition coefficient (Wildman–Crippen LogP) is 1.84. The van der Waals surface area contributed by atoms with Crippen LogP contribution in [0.4, 0.5) is 9.52 Å². The van der Waals surface area contributed by atoms with E-state index >= 15 is 0 Å². The van der Waals surface area contributed by atoms with Crippen LogP contribution in [-0.4, -0.2) is 17.4 Å². The first kappa shape index (κ1) is 13.2. The summed E-state index contributed by atoms with van der Waals surface area (Å²) in [4.78, 5) is 16.5. The van der Waals surface area contributed by atoms with Crippen LogP contribution in [0.15, 0.2) is 30.5 Å². The maximum atomic E-state index is 13.4. The Morgan fingerprint density at radius 2 is 2.26 bits per heavy atom. The van der Waals surface area contributed by atoms with Crippen molar-refractivity contribution >= 4 is 22.4 Å². The molecule has 19 heavy (non-hydrogen) atoms. The number of amides is 1. The second kappa shape index (κ2) is 6.09. The summed E-state index contributed by atoms with van der Waals surface area (Å²) in [6, 6.07) is 5.76. The number of nitrogens with zero attached hydrogens (tertiary/aromatic N) is 1. The largest absolute Gasteiger partial charge is 0.320 e. The standard InChI is InChI=1S/C13H10FN3OS/c14-11-6-2-1-5-10(11)12(18)17-13-16-8-9(19-13)4-3-7-15/h1-2,5-6,8H,7,15H2,(H,16,17,18). The summed E-state index contributed by atoms with van der Waals surface area (Å²) < 4.78 is 13.4. The highest BCUT2D eigenvalue weighted by molar-refractivity contribution is 7.16. The van der Waals surface area contributed by atoms with Crippen LogP contribution in [0, 0.1) is 17.7 Å². The molecule has 2 aromatic rings. The highest BCUT2D eigenvalue weighted by atomic mass is 32.1. The topological polar surface area (TPSA) is 68.0 Å². The lowest BCUT2D eigenvalue weighted by atomic mass is 10.2. The maximum Gasteiger partial charge on any atom is 0.260 e. The highest BCUT2D eigenvalue weighted by Gasteiger charge is 2.12. The summed E-state index contributed by atoms with van der Waals surface area (Å²) in [5.41, 5.74) is 5.23. The molecule has 1 amide bonds. The Morgan fingerprint density at radius 3 is 3.00 bits per heavy atom. The van der Waals surface area contributed by atoms with E-state index in [0.717, 1.165) is 0 Å². The molecule has 0 aliphatic heterocycles. The average Bonchev–Trinajstić information content (AvgIpc) is 2.84. The molecular weight excluding hydrogens is 265 g/mol. The number of aromatic nitrogens is 1. The Kier molecular flexibility index (Phi) is 4.23. The van der Waals surface area contributed by atoms with Crippen LogP contribution in [0.3, 0.4) is 0 Å². The van der Waals surface area contributed by atoms with Gasteiger partial charge in [0.05, 0.1) is 23.2 Å². The summed E-state index contributed by atoms with van der Waals surface area (Å²) in [7, 11) is 0. The average molecular weight is 275 g/mol. The Bertz CT molecular complexity index is 657. The third-order valence-corrected chi connectivity index (χ3v) is 2.99. The van der Waals surface area contributed by atoms with Gasteiger partial charge < -0.3 is 5.73 Å². The van der Waals surface area contributed by atoms with E-state index in [9.17, 15) is 9.18 Å². The lowest BCUT2D eigenvalue weighted by Crippen LogP contribution is -2.13. The lowest BCUT2D eigenvalue weighted by molar-refractivity contribution is 0.102. The number of hydrogen-bond acceptors (Lipinski definition) is 4. The molecule has 6 heteroatoms. The molecule has 0 atom stereocenters. The van der Waals surface area contributed by atoms with E-state index in [0.29, 0.717) is 10.0 Å². The van der Waals surface area contributed by atoms with Crippen LogP contribution in [0.5, 0.6) is 0 Å². The zero-order valence-electron chi connectivity index (χ0n) is 9.81. The molecule has 4 nitrogen and oxygen atoms in total. The molecule has 0 saturated carbocycles. The van der Waals surface area contributed by atoms with E-state index in [2.05, 4.69) is 22.1 Å². The number of thiazole rings is 1. The number of benzene rings is 1. The molecule has 0 saturated heterocycles. The highest BCUT2D eigenvalue weighted by Crippen LogP contribution is 2.18. The number of anilines is 1. The van der Waals surface area contributed by atoms with Crippen molar-refractivity contribution < 1.29 is 9.18 Å². The number of carbonyl (C=O) groups excluding carboxylic acids is 1. The van der Waals surface area contributed by atoms with Gasteiger partial charge >= 0.3 is 0 Å². The fourth-order valence-corrected chi connectivity index (χ4v) is 2.02. The number of hydrogen-bond donors (Lipinski definition) is 2. The second-order valence-corrected chi connectivity index (χ2v) is 4.50. The smallest absolute Gasteiger partial charge is 0.260 e. The minimum absolute atomic E-state index is 0.0210. The SMILES string of the molecule is NCC#Cc1cnc(NC(=O)c2ccccc2F)s1. The van der Waals surface area contributed by atoms with E-state index in [1.54, 1.807) is 6.07 Å². The summed E-state index contributed by atoms with van der Waals surface area (Å²) >= 11 is 1.21. The predicted molar refractivity (Wildman–Crippen MR) is 72.4 cm³/mol. The third kappa shape index (κ3) is 3.37. The van der Waals surface area contributed by atoms with Crippen molar-refractivity contribution in [3.05, 3.63) is 46.7 Å². The van der Waals surface area contributed by atoms with Crippen LogP contribution in [0.25, 0.3) is 0 Å². The number of halogens is 1. The van der Waals surface area contributed by atoms with Crippen molar-refractivity contribution in [3.8, 4) is 11.8 Å². The van der Waals surface area contributed by atoms with E-state index in [1.165, 1.54) is 35.7 Å². The fourth-order valence-electron chi connectivity index (χ4n) is 1.34. The van der Waals surface area contributed by atoms with E-state index in [1.807, 2.05) is 0 Å². The van der Waals surface area contributed by atoms with E-state index in [-0.39, 0.29) is 12.1 Å². The van der Waals surface area contributed by atoms with Gasteiger partial charge in [-0.05, 0) is 12.1 Å². The van der Waals surface area contributed by atoms with Gasteiger partial charge in [0.15, 0.2) is 5.13 Å². The van der Waals surface area contributed by atoms with Crippen molar-refractivity contribution in [2.45, 2.75) is 0 Å². The van der Waals surface area contributed by atoms with Crippen molar-refractivity contribution in [1.29, 1.82) is 0 Å². The van der Waals surface area contributed by atoms with Gasteiger partial charge in [-0.3, -0.25) is 10.1 Å². The Morgan fingerprint density at radius 1 is 1.47 bits per heavy atom. The molecule has 2 rings (SSSR count). The van der Waals surface area contributed by atoms with Crippen LogP contribution >= 0.6 is 11.3 Å². The number of nitrogens with one attached hydrogen (secondary N) is 1. The quantitative estimate of drug-likeness (QED) is 0.822. The van der Waals surface area contributed by atoms with Gasteiger partial charge in [-0.2, -0.15) is 0 Å². The van der Waals surface area contributed by atoms with Gasteiger partial charge in [-0.25, -0.2) is 9.37 Å². The van der Waals surface area contributed by atoms with Gasteiger partial charge in [0.1, 0.15) is 5.82 Å². The molecule has 0 spiro atoms.